The fourth-order valence-corrected chi connectivity index (χ4v) is 4.21. The number of nitrogens with one attached hydrogen (secondary N) is 1. The minimum atomic E-state index is -1.23. The molecule has 198 valence electrons. The van der Waals surface area contributed by atoms with Gasteiger partial charge in [-0.25, -0.2) is 9.78 Å². The molecule has 0 bridgehead atoms. The maximum absolute atomic E-state index is 13.2. The number of aryl methyl sites for hydroxylation is 2. The highest BCUT2D eigenvalue weighted by atomic mass is 16.5. The average molecular weight is 520 g/mol. The number of aromatic nitrogens is 3. The van der Waals surface area contributed by atoms with E-state index in [2.05, 4.69) is 20.5 Å². The number of carbonyl (C=O) groups is 2. The molecule has 0 saturated carbocycles. The number of nitrogens with zero attached hydrogens (tertiary/aromatic N) is 4. The molecule has 38 heavy (non-hydrogen) atoms. The molecule has 0 fully saturated rings. The van der Waals surface area contributed by atoms with Gasteiger partial charge < -0.3 is 28.9 Å². The lowest BCUT2D eigenvalue weighted by atomic mass is 9.93. The summed E-state index contributed by atoms with van der Waals surface area (Å²) in [6, 6.07) is 14.3. The molecule has 2 heterocycles. The summed E-state index contributed by atoms with van der Waals surface area (Å²) >= 11 is 0. The Morgan fingerprint density at radius 3 is 2.47 bits per heavy atom. The highest BCUT2D eigenvalue weighted by Gasteiger charge is 2.35. The average Bonchev–Trinajstić information content (AvgIpc) is 3.50. The first kappa shape index (κ1) is 26.4. The van der Waals surface area contributed by atoms with Crippen molar-refractivity contribution in [2.24, 2.45) is 0 Å². The van der Waals surface area contributed by atoms with Gasteiger partial charge in [0.25, 0.3) is 11.8 Å². The smallest absolute Gasteiger partial charge is 0.405 e. The number of hydrogen-bond acceptors (Lipinski definition) is 8. The zero-order valence-corrected chi connectivity index (χ0v) is 21.8. The number of carbonyl (C=O) groups excluding carboxylic acids is 1. The van der Waals surface area contributed by atoms with Gasteiger partial charge in [0.15, 0.2) is 5.89 Å². The highest BCUT2D eigenvalue weighted by molar-refractivity contribution is 5.95. The lowest BCUT2D eigenvalue weighted by molar-refractivity contribution is 0.0783. The van der Waals surface area contributed by atoms with E-state index in [9.17, 15) is 14.7 Å². The number of ether oxygens (including phenoxy) is 1. The summed E-state index contributed by atoms with van der Waals surface area (Å²) < 4.78 is 16.9. The van der Waals surface area contributed by atoms with Crippen molar-refractivity contribution in [1.29, 1.82) is 0 Å². The van der Waals surface area contributed by atoms with Crippen LogP contribution in [0.1, 0.15) is 46.1 Å². The van der Waals surface area contributed by atoms with Gasteiger partial charge in [-0.15, -0.1) is 10.2 Å². The Kier molecular flexibility index (Phi) is 7.47. The van der Waals surface area contributed by atoms with Crippen molar-refractivity contribution in [3.63, 3.8) is 0 Å². The number of hydrogen-bond donors (Lipinski definition) is 2. The first-order chi connectivity index (χ1) is 18.1. The van der Waals surface area contributed by atoms with E-state index in [1.807, 2.05) is 30.3 Å². The van der Waals surface area contributed by atoms with Crippen molar-refractivity contribution in [1.82, 2.24) is 25.4 Å². The fraction of sp³-hybridized carbons (Fsp3) is 0.296. The Hall–Kier alpha value is -4.67. The Morgan fingerprint density at radius 1 is 1.11 bits per heavy atom. The predicted octanol–water partition coefficient (Wildman–Crippen LogP) is 4.35. The van der Waals surface area contributed by atoms with Crippen molar-refractivity contribution in [3.05, 3.63) is 82.9 Å². The van der Waals surface area contributed by atoms with E-state index < -0.39 is 11.6 Å². The molecular weight excluding hydrogens is 490 g/mol. The zero-order valence-electron chi connectivity index (χ0n) is 21.8. The van der Waals surface area contributed by atoms with Crippen molar-refractivity contribution >= 4 is 12.0 Å². The normalized spacial score (nSPS) is 12.6. The van der Waals surface area contributed by atoms with E-state index in [0.717, 1.165) is 5.56 Å². The summed E-state index contributed by atoms with van der Waals surface area (Å²) in [5, 5.41) is 20.3. The Balaban J connectivity index is 1.64. The maximum Gasteiger partial charge on any atom is 0.405 e. The highest BCUT2D eigenvalue weighted by Crippen LogP contribution is 2.33. The first-order valence-electron chi connectivity index (χ1n) is 11.9. The van der Waals surface area contributed by atoms with E-state index in [1.54, 1.807) is 46.0 Å². The molecule has 2 aromatic heterocycles. The number of carboxylic acid groups (broad SMARTS) is 1. The molecule has 1 atom stereocenters. The Bertz CT molecular complexity index is 1450. The van der Waals surface area contributed by atoms with Crippen molar-refractivity contribution in [3.8, 4) is 17.2 Å². The summed E-state index contributed by atoms with van der Waals surface area (Å²) in [4.78, 5) is 30.7. The maximum atomic E-state index is 13.2. The summed E-state index contributed by atoms with van der Waals surface area (Å²) in [7, 11) is 3.16. The van der Waals surface area contributed by atoms with Crippen molar-refractivity contribution in [2.45, 2.75) is 39.3 Å². The third-order valence-corrected chi connectivity index (χ3v) is 6.09. The van der Waals surface area contributed by atoms with Crippen molar-refractivity contribution < 1.29 is 28.3 Å². The Morgan fingerprint density at radius 2 is 1.84 bits per heavy atom. The van der Waals surface area contributed by atoms with Crippen LogP contribution in [0.2, 0.25) is 0 Å². The molecule has 1 unspecified atom stereocenters. The van der Waals surface area contributed by atoms with Gasteiger partial charge >= 0.3 is 6.09 Å². The minimum Gasteiger partial charge on any atom is -0.496 e. The third kappa shape index (κ3) is 5.66. The predicted molar refractivity (Wildman–Crippen MR) is 137 cm³/mol. The van der Waals surface area contributed by atoms with Crippen LogP contribution < -0.4 is 10.1 Å². The van der Waals surface area contributed by atoms with E-state index in [1.165, 1.54) is 12.0 Å². The van der Waals surface area contributed by atoms with Gasteiger partial charge in [0, 0.05) is 26.0 Å². The van der Waals surface area contributed by atoms with E-state index in [4.69, 9.17) is 13.6 Å². The van der Waals surface area contributed by atoms with E-state index in [0.29, 0.717) is 34.2 Å². The van der Waals surface area contributed by atoms with Gasteiger partial charge in [-0.1, -0.05) is 30.3 Å². The number of oxazole rings is 1. The summed E-state index contributed by atoms with van der Waals surface area (Å²) in [6.45, 7) is 5.50. The van der Waals surface area contributed by atoms with Crippen LogP contribution >= 0.6 is 0 Å². The quantitative estimate of drug-likeness (QED) is 0.330. The van der Waals surface area contributed by atoms with E-state index in [-0.39, 0.29) is 30.7 Å². The lowest BCUT2D eigenvalue weighted by Crippen LogP contribution is -2.44. The second-order valence-electron chi connectivity index (χ2n) is 9.15. The van der Waals surface area contributed by atoms with Crippen LogP contribution in [0.25, 0.3) is 11.5 Å². The SMILES string of the molecule is COc1ccc(C(=O)N(C)Cc2nc(C)oc2C)cc1-c1nnc(C(C)(Cc2ccccc2)NC(=O)O)o1. The van der Waals surface area contributed by atoms with Crippen LogP contribution in [0.4, 0.5) is 4.79 Å². The number of rotatable bonds is 9. The molecule has 0 saturated heterocycles. The standard InChI is InChI=1S/C27H29N5O6/c1-16-21(28-17(2)37-16)15-32(4)24(33)19-11-12-22(36-5)20(13-19)23-30-31-25(38-23)27(3,29-26(34)35)14-18-9-7-6-8-10-18/h6-13,29H,14-15H2,1-5H3,(H,34,35). The second-order valence-corrected chi connectivity index (χ2v) is 9.15. The molecule has 4 rings (SSSR count). The van der Waals surface area contributed by atoms with Gasteiger partial charge in [-0.3, -0.25) is 4.79 Å². The fourth-order valence-electron chi connectivity index (χ4n) is 4.21. The first-order valence-corrected chi connectivity index (χ1v) is 11.9. The van der Waals surface area contributed by atoms with E-state index >= 15 is 0 Å². The molecule has 0 radical (unpaired) electrons. The molecule has 2 aromatic carbocycles. The van der Waals surface area contributed by atoms with Crippen LogP contribution in [-0.4, -0.2) is 51.3 Å². The molecule has 0 aliphatic carbocycles. The molecule has 11 nitrogen and oxygen atoms in total. The summed E-state index contributed by atoms with van der Waals surface area (Å²) in [5.41, 5.74) is 1.13. The van der Waals surface area contributed by atoms with Gasteiger partial charge in [-0.05, 0) is 37.6 Å². The van der Waals surface area contributed by atoms with Crippen LogP contribution in [-0.2, 0) is 18.5 Å². The lowest BCUT2D eigenvalue weighted by Gasteiger charge is -2.25. The second kappa shape index (κ2) is 10.8. The monoisotopic (exact) mass is 519 g/mol. The van der Waals surface area contributed by atoms with Gasteiger partial charge in [0.2, 0.25) is 5.89 Å². The topological polar surface area (TPSA) is 144 Å². The molecule has 2 amide bonds. The van der Waals surface area contributed by atoms with Crippen LogP contribution in [0.15, 0.2) is 57.4 Å². The third-order valence-electron chi connectivity index (χ3n) is 6.09. The van der Waals surface area contributed by atoms with Crippen LogP contribution in [0.5, 0.6) is 5.75 Å². The molecule has 4 aromatic rings. The molecular formula is C27H29N5O6. The molecule has 2 N–H and O–H groups in total. The Labute approximate surface area is 219 Å². The molecule has 0 aliphatic heterocycles. The van der Waals surface area contributed by atoms with Gasteiger partial charge in [-0.2, -0.15) is 0 Å². The van der Waals surface area contributed by atoms with Gasteiger partial charge in [0.05, 0.1) is 19.2 Å². The van der Waals surface area contributed by atoms with Gasteiger partial charge in [0.1, 0.15) is 22.7 Å². The molecule has 0 spiro atoms. The summed E-state index contributed by atoms with van der Waals surface area (Å²) in [5.74, 6) is 1.52. The summed E-state index contributed by atoms with van der Waals surface area (Å²) in [6.07, 6.45) is -0.947. The number of methoxy groups -OCH3 is 1. The molecule has 0 aliphatic rings. The van der Waals surface area contributed by atoms with Crippen LogP contribution in [0.3, 0.4) is 0 Å². The van der Waals surface area contributed by atoms with Crippen LogP contribution in [0, 0.1) is 13.8 Å². The minimum absolute atomic E-state index is 0.0755. The zero-order chi connectivity index (χ0) is 27.4. The molecule has 11 heteroatoms. The largest absolute Gasteiger partial charge is 0.496 e. The number of benzene rings is 2. The number of amides is 2. The van der Waals surface area contributed by atoms with Crippen molar-refractivity contribution in [2.75, 3.05) is 14.2 Å².